The Hall–Kier alpha value is -2.29. The third-order valence-electron chi connectivity index (χ3n) is 3.10. The first kappa shape index (κ1) is 13.1. The molecule has 2 aromatic rings. The Morgan fingerprint density at radius 1 is 1.05 bits per heavy atom. The van der Waals surface area contributed by atoms with Crippen molar-refractivity contribution < 1.29 is 9.90 Å². The maximum atomic E-state index is 10.8. The number of carboxylic acid groups (broad SMARTS) is 1. The van der Waals surface area contributed by atoms with Crippen molar-refractivity contribution in [2.45, 2.75) is 13.5 Å². The van der Waals surface area contributed by atoms with Crippen LogP contribution in [0.2, 0.25) is 0 Å². The van der Waals surface area contributed by atoms with Crippen LogP contribution in [-0.2, 0) is 6.54 Å². The molecule has 0 aliphatic rings. The van der Waals surface area contributed by atoms with Gasteiger partial charge in [0.15, 0.2) is 0 Å². The van der Waals surface area contributed by atoms with E-state index in [9.17, 15) is 4.79 Å². The molecular formula is C16H17NO2. The van der Waals surface area contributed by atoms with Crippen molar-refractivity contribution in [2.75, 3.05) is 11.9 Å². The number of rotatable bonds is 4. The normalized spacial score (nSPS) is 10.2. The van der Waals surface area contributed by atoms with Crippen molar-refractivity contribution in [3.63, 3.8) is 0 Å². The van der Waals surface area contributed by atoms with Gasteiger partial charge in [-0.15, -0.1) is 0 Å². The number of carbonyl (C=O) groups is 1. The Morgan fingerprint density at radius 2 is 1.63 bits per heavy atom. The molecule has 0 saturated carbocycles. The number of anilines is 1. The predicted molar refractivity (Wildman–Crippen MR) is 76.7 cm³/mol. The Kier molecular flexibility index (Phi) is 3.85. The minimum Gasteiger partial charge on any atom is -0.478 e. The largest absolute Gasteiger partial charge is 0.478 e. The van der Waals surface area contributed by atoms with Crippen molar-refractivity contribution in [3.8, 4) is 0 Å². The molecule has 0 amide bonds. The SMILES string of the molecule is Cc1ccc(CN(C)c2ccc(C(=O)O)cc2)cc1. The first-order valence-corrected chi connectivity index (χ1v) is 6.16. The molecule has 0 atom stereocenters. The lowest BCUT2D eigenvalue weighted by Crippen LogP contribution is -2.16. The van der Waals surface area contributed by atoms with Crippen LogP contribution in [0.4, 0.5) is 5.69 Å². The maximum Gasteiger partial charge on any atom is 0.335 e. The van der Waals surface area contributed by atoms with Gasteiger partial charge in [0.1, 0.15) is 0 Å². The molecule has 98 valence electrons. The van der Waals surface area contributed by atoms with E-state index in [0.29, 0.717) is 5.56 Å². The fourth-order valence-electron chi connectivity index (χ4n) is 1.92. The number of hydrogen-bond donors (Lipinski definition) is 1. The number of aryl methyl sites for hydroxylation is 1. The summed E-state index contributed by atoms with van der Waals surface area (Å²) >= 11 is 0. The molecule has 0 unspecified atom stereocenters. The van der Waals surface area contributed by atoms with Crippen molar-refractivity contribution in [1.29, 1.82) is 0 Å². The Bertz CT molecular complexity index is 558. The zero-order valence-corrected chi connectivity index (χ0v) is 11.1. The molecule has 0 saturated heterocycles. The molecule has 0 aliphatic carbocycles. The predicted octanol–water partition coefficient (Wildman–Crippen LogP) is 3.33. The van der Waals surface area contributed by atoms with Crippen molar-refractivity contribution in [3.05, 3.63) is 65.2 Å². The summed E-state index contributed by atoms with van der Waals surface area (Å²) in [6, 6.07) is 15.3. The van der Waals surface area contributed by atoms with Gasteiger partial charge in [-0.05, 0) is 36.8 Å². The first-order chi connectivity index (χ1) is 9.06. The van der Waals surface area contributed by atoms with Crippen LogP contribution < -0.4 is 4.90 Å². The van der Waals surface area contributed by atoms with Gasteiger partial charge in [0.05, 0.1) is 5.56 Å². The average molecular weight is 255 g/mol. The van der Waals surface area contributed by atoms with E-state index in [1.165, 1.54) is 11.1 Å². The number of nitrogens with zero attached hydrogens (tertiary/aromatic N) is 1. The third-order valence-corrected chi connectivity index (χ3v) is 3.10. The van der Waals surface area contributed by atoms with Crippen molar-refractivity contribution in [1.82, 2.24) is 0 Å². The number of benzene rings is 2. The fourth-order valence-corrected chi connectivity index (χ4v) is 1.92. The third kappa shape index (κ3) is 3.35. The average Bonchev–Trinajstić information content (AvgIpc) is 2.41. The van der Waals surface area contributed by atoms with Crippen LogP contribution in [0.25, 0.3) is 0 Å². The highest BCUT2D eigenvalue weighted by Gasteiger charge is 2.05. The summed E-state index contributed by atoms with van der Waals surface area (Å²) in [5, 5.41) is 8.86. The number of hydrogen-bond acceptors (Lipinski definition) is 2. The van der Waals surface area contributed by atoms with Crippen LogP contribution in [-0.4, -0.2) is 18.1 Å². The van der Waals surface area contributed by atoms with Crippen LogP contribution in [0, 0.1) is 6.92 Å². The second kappa shape index (κ2) is 5.57. The summed E-state index contributed by atoms with van der Waals surface area (Å²) in [6.45, 7) is 2.87. The summed E-state index contributed by atoms with van der Waals surface area (Å²) in [7, 11) is 2.00. The van der Waals surface area contributed by atoms with Gasteiger partial charge >= 0.3 is 5.97 Å². The van der Waals surface area contributed by atoms with Gasteiger partial charge in [-0.25, -0.2) is 4.79 Å². The van der Waals surface area contributed by atoms with Gasteiger partial charge in [-0.1, -0.05) is 29.8 Å². The fraction of sp³-hybridized carbons (Fsp3) is 0.188. The topological polar surface area (TPSA) is 40.5 Å². The van der Waals surface area contributed by atoms with Gasteiger partial charge in [-0.3, -0.25) is 0 Å². The van der Waals surface area contributed by atoms with Gasteiger partial charge in [0.25, 0.3) is 0 Å². The standard InChI is InChI=1S/C16H17NO2/c1-12-3-5-13(6-4-12)11-17(2)15-9-7-14(8-10-15)16(18)19/h3-10H,11H2,1-2H3,(H,18,19). The van der Waals surface area contributed by atoms with E-state index in [1.54, 1.807) is 12.1 Å². The van der Waals surface area contributed by atoms with Crippen LogP contribution >= 0.6 is 0 Å². The van der Waals surface area contributed by atoms with Crippen LogP contribution in [0.3, 0.4) is 0 Å². The zero-order valence-electron chi connectivity index (χ0n) is 11.1. The minimum absolute atomic E-state index is 0.312. The molecule has 0 spiro atoms. The van der Waals surface area contributed by atoms with E-state index < -0.39 is 5.97 Å². The molecule has 3 nitrogen and oxygen atoms in total. The lowest BCUT2D eigenvalue weighted by molar-refractivity contribution is 0.0697. The second-order valence-corrected chi connectivity index (χ2v) is 4.69. The zero-order chi connectivity index (χ0) is 13.8. The van der Waals surface area contributed by atoms with Gasteiger partial charge in [0.2, 0.25) is 0 Å². The monoisotopic (exact) mass is 255 g/mol. The molecule has 0 radical (unpaired) electrons. The molecule has 19 heavy (non-hydrogen) atoms. The smallest absolute Gasteiger partial charge is 0.335 e. The molecule has 1 N–H and O–H groups in total. The van der Waals surface area contributed by atoms with E-state index in [2.05, 4.69) is 36.1 Å². The van der Waals surface area contributed by atoms with Crippen molar-refractivity contribution >= 4 is 11.7 Å². The molecule has 0 aliphatic heterocycles. The molecule has 0 bridgehead atoms. The summed E-state index contributed by atoms with van der Waals surface area (Å²) in [6.07, 6.45) is 0. The Balaban J connectivity index is 2.09. The molecule has 2 rings (SSSR count). The van der Waals surface area contributed by atoms with E-state index in [0.717, 1.165) is 12.2 Å². The van der Waals surface area contributed by atoms with E-state index in [-0.39, 0.29) is 0 Å². The van der Waals surface area contributed by atoms with Gasteiger partial charge < -0.3 is 10.0 Å². The summed E-state index contributed by atoms with van der Waals surface area (Å²) in [5.41, 5.74) is 3.80. The molecule has 3 heteroatoms. The summed E-state index contributed by atoms with van der Waals surface area (Å²) in [4.78, 5) is 12.9. The quantitative estimate of drug-likeness (QED) is 0.911. The van der Waals surface area contributed by atoms with E-state index >= 15 is 0 Å². The first-order valence-electron chi connectivity index (χ1n) is 6.16. The number of carboxylic acids is 1. The minimum atomic E-state index is -0.896. The lowest BCUT2D eigenvalue weighted by Gasteiger charge is -2.19. The van der Waals surface area contributed by atoms with Crippen LogP contribution in [0.5, 0.6) is 0 Å². The summed E-state index contributed by atoms with van der Waals surface area (Å²) in [5.74, 6) is -0.896. The van der Waals surface area contributed by atoms with E-state index in [4.69, 9.17) is 5.11 Å². The van der Waals surface area contributed by atoms with E-state index in [1.807, 2.05) is 19.2 Å². The van der Waals surface area contributed by atoms with Gasteiger partial charge in [0, 0.05) is 19.3 Å². The second-order valence-electron chi connectivity index (χ2n) is 4.69. The van der Waals surface area contributed by atoms with Crippen LogP contribution in [0.15, 0.2) is 48.5 Å². The molecule has 0 aromatic heterocycles. The molecular weight excluding hydrogens is 238 g/mol. The Labute approximate surface area is 113 Å². The molecule has 0 heterocycles. The maximum absolute atomic E-state index is 10.8. The lowest BCUT2D eigenvalue weighted by atomic mass is 10.1. The molecule has 0 fully saturated rings. The van der Waals surface area contributed by atoms with Crippen LogP contribution in [0.1, 0.15) is 21.5 Å². The molecule has 2 aromatic carbocycles. The highest BCUT2D eigenvalue weighted by molar-refractivity contribution is 5.88. The highest BCUT2D eigenvalue weighted by Crippen LogP contribution is 2.16. The highest BCUT2D eigenvalue weighted by atomic mass is 16.4. The Morgan fingerprint density at radius 3 is 2.16 bits per heavy atom. The number of aromatic carboxylic acids is 1. The summed E-state index contributed by atoms with van der Waals surface area (Å²) < 4.78 is 0. The van der Waals surface area contributed by atoms with Crippen molar-refractivity contribution in [2.24, 2.45) is 0 Å². The van der Waals surface area contributed by atoms with Gasteiger partial charge in [-0.2, -0.15) is 0 Å².